The summed E-state index contributed by atoms with van der Waals surface area (Å²) in [6.07, 6.45) is 0. The van der Waals surface area contributed by atoms with Gasteiger partial charge in [0.15, 0.2) is 15.9 Å². The highest BCUT2D eigenvalue weighted by Crippen LogP contribution is 2.16. The van der Waals surface area contributed by atoms with Gasteiger partial charge in [-0.2, -0.15) is 0 Å². The van der Waals surface area contributed by atoms with Gasteiger partial charge in [-0.3, -0.25) is 38.9 Å². The number of amides is 2. The second kappa shape index (κ2) is 7.60. The van der Waals surface area contributed by atoms with E-state index in [1.165, 1.54) is 35.4 Å². The van der Waals surface area contributed by atoms with E-state index >= 15 is 0 Å². The number of hydrogen-bond acceptors (Lipinski definition) is 5. The highest BCUT2D eigenvalue weighted by atomic mass is 79.9. The lowest BCUT2D eigenvalue weighted by atomic mass is 10.2. The molecule has 0 saturated carbocycles. The van der Waals surface area contributed by atoms with Crippen LogP contribution in [0.3, 0.4) is 0 Å². The van der Waals surface area contributed by atoms with Gasteiger partial charge < -0.3 is 0 Å². The SMILES string of the molecule is Cn1c(=O)c2nc(Br)n(CC(=O)NNC(=O)c3ccc(Cl)cc3)c2n(C)c1=O. The molecule has 0 spiro atoms. The normalized spacial score (nSPS) is 10.9. The Balaban J connectivity index is 1.81. The van der Waals surface area contributed by atoms with Gasteiger partial charge in [0.2, 0.25) is 0 Å². The van der Waals surface area contributed by atoms with Crippen molar-refractivity contribution in [2.24, 2.45) is 14.1 Å². The maximum atomic E-state index is 12.3. The first-order valence-corrected chi connectivity index (χ1v) is 9.04. The van der Waals surface area contributed by atoms with Gasteiger partial charge in [-0.1, -0.05) is 11.6 Å². The van der Waals surface area contributed by atoms with Gasteiger partial charge in [0.25, 0.3) is 17.4 Å². The highest BCUT2D eigenvalue weighted by Gasteiger charge is 2.19. The van der Waals surface area contributed by atoms with Gasteiger partial charge in [-0.25, -0.2) is 9.78 Å². The molecule has 0 radical (unpaired) electrons. The Morgan fingerprint density at radius 3 is 2.39 bits per heavy atom. The quantitative estimate of drug-likeness (QED) is 0.423. The number of rotatable bonds is 3. The molecule has 2 heterocycles. The van der Waals surface area contributed by atoms with Crippen LogP contribution in [0.5, 0.6) is 0 Å². The molecule has 3 aromatic rings. The number of nitrogens with one attached hydrogen (secondary N) is 2. The fourth-order valence-electron chi connectivity index (χ4n) is 2.59. The summed E-state index contributed by atoms with van der Waals surface area (Å²) in [6, 6.07) is 6.12. The summed E-state index contributed by atoms with van der Waals surface area (Å²) in [7, 11) is 2.81. The first-order chi connectivity index (χ1) is 13.2. The van der Waals surface area contributed by atoms with Gasteiger partial charge in [0.1, 0.15) is 6.54 Å². The molecule has 2 amide bonds. The minimum Gasteiger partial charge on any atom is -0.295 e. The Hall–Kier alpha value is -2.92. The molecular weight excluding hydrogens is 456 g/mol. The standard InChI is InChI=1S/C16H14BrClN6O4/c1-22-13-11(14(27)23(2)16(22)28)19-15(17)24(13)7-10(25)20-21-12(26)8-3-5-9(18)6-4-8/h3-6H,7H2,1-2H3,(H,20,25)(H,21,26). The molecule has 146 valence electrons. The summed E-state index contributed by atoms with van der Waals surface area (Å²) in [5.41, 5.74) is 3.95. The number of fused-ring (bicyclic) bond motifs is 1. The molecule has 0 unspecified atom stereocenters. The van der Waals surface area contributed by atoms with E-state index in [1.54, 1.807) is 12.1 Å². The zero-order chi connectivity index (χ0) is 20.6. The van der Waals surface area contributed by atoms with E-state index in [2.05, 4.69) is 31.8 Å². The smallest absolute Gasteiger partial charge is 0.295 e. The lowest BCUT2D eigenvalue weighted by molar-refractivity contribution is -0.122. The Morgan fingerprint density at radius 2 is 1.75 bits per heavy atom. The van der Waals surface area contributed by atoms with Crippen molar-refractivity contribution < 1.29 is 9.59 Å². The zero-order valence-electron chi connectivity index (χ0n) is 14.7. The largest absolute Gasteiger partial charge is 0.332 e. The molecule has 0 aliphatic rings. The van der Waals surface area contributed by atoms with Crippen LogP contribution in [-0.2, 0) is 25.4 Å². The van der Waals surface area contributed by atoms with E-state index in [0.29, 0.717) is 10.6 Å². The van der Waals surface area contributed by atoms with Crippen molar-refractivity contribution in [3.05, 3.63) is 60.4 Å². The van der Waals surface area contributed by atoms with Crippen molar-refractivity contribution in [3.8, 4) is 0 Å². The number of benzene rings is 1. The van der Waals surface area contributed by atoms with Crippen molar-refractivity contribution in [2.45, 2.75) is 6.54 Å². The number of hydrazine groups is 1. The van der Waals surface area contributed by atoms with Crippen molar-refractivity contribution in [1.82, 2.24) is 29.5 Å². The molecule has 0 aliphatic carbocycles. The van der Waals surface area contributed by atoms with Gasteiger partial charge >= 0.3 is 5.69 Å². The third-order valence-electron chi connectivity index (χ3n) is 4.02. The predicted octanol–water partition coefficient (Wildman–Crippen LogP) is 0.311. The van der Waals surface area contributed by atoms with Gasteiger partial charge in [-0.05, 0) is 40.2 Å². The lowest BCUT2D eigenvalue weighted by Crippen LogP contribution is -2.43. The minimum absolute atomic E-state index is 0.0366. The van der Waals surface area contributed by atoms with Crippen LogP contribution in [0.4, 0.5) is 0 Å². The predicted molar refractivity (Wildman–Crippen MR) is 105 cm³/mol. The Labute approximate surface area is 170 Å². The molecule has 0 fully saturated rings. The van der Waals surface area contributed by atoms with Crippen molar-refractivity contribution in [2.75, 3.05) is 0 Å². The van der Waals surface area contributed by atoms with Crippen molar-refractivity contribution in [1.29, 1.82) is 0 Å². The summed E-state index contributed by atoms with van der Waals surface area (Å²) in [5.74, 6) is -1.11. The second-order valence-electron chi connectivity index (χ2n) is 5.85. The average molecular weight is 470 g/mol. The number of carbonyl (C=O) groups is 2. The molecule has 0 aliphatic heterocycles. The first kappa shape index (κ1) is 19.8. The van der Waals surface area contributed by atoms with Gasteiger partial charge in [0, 0.05) is 24.7 Å². The molecule has 0 saturated heterocycles. The monoisotopic (exact) mass is 468 g/mol. The summed E-state index contributed by atoms with van der Waals surface area (Å²) >= 11 is 8.96. The fraction of sp³-hybridized carbons (Fsp3) is 0.188. The number of hydrogen-bond donors (Lipinski definition) is 2. The third-order valence-corrected chi connectivity index (χ3v) is 4.87. The Kier molecular flexibility index (Phi) is 5.38. The van der Waals surface area contributed by atoms with E-state index in [1.807, 2.05) is 0 Å². The van der Waals surface area contributed by atoms with Crippen LogP contribution in [0.25, 0.3) is 11.2 Å². The van der Waals surface area contributed by atoms with Crippen LogP contribution in [0.1, 0.15) is 10.4 Å². The molecule has 3 rings (SSSR count). The van der Waals surface area contributed by atoms with Crippen LogP contribution in [-0.4, -0.2) is 30.5 Å². The number of carbonyl (C=O) groups excluding carboxylic acids is 2. The minimum atomic E-state index is -0.588. The van der Waals surface area contributed by atoms with Gasteiger partial charge in [-0.15, -0.1) is 0 Å². The number of nitrogens with zero attached hydrogens (tertiary/aromatic N) is 4. The fourth-order valence-corrected chi connectivity index (χ4v) is 3.18. The lowest BCUT2D eigenvalue weighted by Gasteiger charge is -2.11. The van der Waals surface area contributed by atoms with Gasteiger partial charge in [0.05, 0.1) is 0 Å². The molecule has 2 aromatic heterocycles. The van der Waals surface area contributed by atoms with E-state index in [0.717, 1.165) is 4.57 Å². The number of imidazole rings is 1. The summed E-state index contributed by atoms with van der Waals surface area (Å²) in [6.45, 7) is -0.293. The highest BCUT2D eigenvalue weighted by molar-refractivity contribution is 9.10. The maximum absolute atomic E-state index is 12.3. The number of halogens is 2. The van der Waals surface area contributed by atoms with Crippen LogP contribution in [0.2, 0.25) is 5.02 Å². The molecule has 0 bridgehead atoms. The van der Waals surface area contributed by atoms with Crippen LogP contribution in [0.15, 0.2) is 38.6 Å². The summed E-state index contributed by atoms with van der Waals surface area (Å²) in [4.78, 5) is 52.8. The Bertz CT molecular complexity index is 1210. The molecule has 10 nitrogen and oxygen atoms in total. The number of aryl methyl sites for hydroxylation is 1. The molecule has 0 atom stereocenters. The molecular formula is C16H14BrClN6O4. The summed E-state index contributed by atoms with van der Waals surface area (Å²) < 4.78 is 3.69. The van der Waals surface area contributed by atoms with E-state index < -0.39 is 23.1 Å². The topological polar surface area (TPSA) is 120 Å². The zero-order valence-corrected chi connectivity index (χ0v) is 17.0. The second-order valence-corrected chi connectivity index (χ2v) is 7.00. The maximum Gasteiger partial charge on any atom is 0.332 e. The van der Waals surface area contributed by atoms with Crippen LogP contribution in [0, 0.1) is 0 Å². The molecule has 1 aromatic carbocycles. The third kappa shape index (κ3) is 3.58. The molecule has 28 heavy (non-hydrogen) atoms. The molecule has 12 heteroatoms. The summed E-state index contributed by atoms with van der Waals surface area (Å²) in [5, 5.41) is 0.481. The first-order valence-electron chi connectivity index (χ1n) is 7.87. The van der Waals surface area contributed by atoms with Crippen LogP contribution < -0.4 is 22.1 Å². The van der Waals surface area contributed by atoms with E-state index in [4.69, 9.17) is 11.6 Å². The van der Waals surface area contributed by atoms with Crippen molar-refractivity contribution >= 4 is 50.5 Å². The van der Waals surface area contributed by atoms with Crippen LogP contribution >= 0.6 is 27.5 Å². The Morgan fingerprint density at radius 1 is 1.11 bits per heavy atom. The van der Waals surface area contributed by atoms with E-state index in [-0.39, 0.29) is 22.4 Å². The molecule has 2 N–H and O–H groups in total. The van der Waals surface area contributed by atoms with E-state index in [9.17, 15) is 19.2 Å². The average Bonchev–Trinajstić information content (AvgIpc) is 2.99. The number of aromatic nitrogens is 4. The van der Waals surface area contributed by atoms with Crippen molar-refractivity contribution in [3.63, 3.8) is 0 Å².